The summed E-state index contributed by atoms with van der Waals surface area (Å²) in [6.07, 6.45) is 3.47. The molecule has 3 rings (SSSR count). The Morgan fingerprint density at radius 1 is 1.30 bits per heavy atom. The molecule has 0 spiro atoms. The van der Waals surface area contributed by atoms with Gasteiger partial charge in [-0.3, -0.25) is 4.79 Å². The van der Waals surface area contributed by atoms with Gasteiger partial charge >= 0.3 is 0 Å². The first-order valence-electron chi connectivity index (χ1n) is 6.95. The Hall–Kier alpha value is -0.770. The second-order valence-electron chi connectivity index (χ2n) is 5.61. The fourth-order valence-electron chi connectivity index (χ4n) is 3.11. The van der Waals surface area contributed by atoms with Crippen LogP contribution in [0.4, 0.5) is 0 Å². The summed E-state index contributed by atoms with van der Waals surface area (Å²) in [6, 6.07) is 6.71. The SMILES string of the molecule is Cc1cccc(C(=O)N2CCC3CCC(C2)N3)c1Cl.Cl. The Bertz CT molecular complexity index is 507. The van der Waals surface area contributed by atoms with Gasteiger partial charge in [0.1, 0.15) is 0 Å². The molecule has 2 fully saturated rings. The number of carbonyl (C=O) groups is 1. The number of amides is 1. The van der Waals surface area contributed by atoms with Gasteiger partial charge in [0, 0.05) is 25.2 Å². The van der Waals surface area contributed by atoms with Crippen molar-refractivity contribution in [2.75, 3.05) is 13.1 Å². The summed E-state index contributed by atoms with van der Waals surface area (Å²) in [7, 11) is 0. The van der Waals surface area contributed by atoms with Gasteiger partial charge in [0.25, 0.3) is 5.91 Å². The lowest BCUT2D eigenvalue weighted by molar-refractivity contribution is 0.0748. The summed E-state index contributed by atoms with van der Waals surface area (Å²) in [5.74, 6) is 0.0723. The van der Waals surface area contributed by atoms with Crippen molar-refractivity contribution in [2.24, 2.45) is 0 Å². The topological polar surface area (TPSA) is 32.3 Å². The maximum Gasteiger partial charge on any atom is 0.255 e. The molecule has 2 aliphatic heterocycles. The number of halogens is 2. The Kier molecular flexibility index (Phi) is 4.95. The van der Waals surface area contributed by atoms with E-state index in [4.69, 9.17) is 11.6 Å². The molecule has 110 valence electrons. The number of likely N-dealkylation sites (tertiary alicyclic amines) is 1. The van der Waals surface area contributed by atoms with E-state index in [1.165, 1.54) is 12.8 Å². The van der Waals surface area contributed by atoms with E-state index in [2.05, 4.69) is 5.32 Å². The quantitative estimate of drug-likeness (QED) is 0.864. The van der Waals surface area contributed by atoms with Crippen LogP contribution in [-0.4, -0.2) is 36.0 Å². The summed E-state index contributed by atoms with van der Waals surface area (Å²) in [5, 5.41) is 4.18. The second kappa shape index (κ2) is 6.33. The Labute approximate surface area is 131 Å². The zero-order valence-electron chi connectivity index (χ0n) is 11.6. The van der Waals surface area contributed by atoms with Crippen molar-refractivity contribution in [1.29, 1.82) is 0 Å². The molecule has 1 aromatic carbocycles. The molecular weight excluding hydrogens is 295 g/mol. The van der Waals surface area contributed by atoms with Gasteiger partial charge < -0.3 is 10.2 Å². The zero-order valence-corrected chi connectivity index (χ0v) is 13.1. The number of fused-ring (bicyclic) bond motifs is 2. The minimum absolute atomic E-state index is 0. The van der Waals surface area contributed by atoms with Gasteiger partial charge in [-0.05, 0) is 37.8 Å². The van der Waals surface area contributed by atoms with Crippen molar-refractivity contribution in [2.45, 2.75) is 38.3 Å². The molecule has 1 amide bonds. The molecule has 20 heavy (non-hydrogen) atoms. The highest BCUT2D eigenvalue weighted by molar-refractivity contribution is 6.34. The highest BCUT2D eigenvalue weighted by Gasteiger charge is 2.31. The lowest BCUT2D eigenvalue weighted by atomic mass is 10.1. The number of rotatable bonds is 1. The van der Waals surface area contributed by atoms with E-state index in [0.717, 1.165) is 25.1 Å². The molecule has 2 heterocycles. The summed E-state index contributed by atoms with van der Waals surface area (Å²) in [5.41, 5.74) is 1.60. The highest BCUT2D eigenvalue weighted by atomic mass is 35.5. The van der Waals surface area contributed by atoms with Gasteiger partial charge in [-0.1, -0.05) is 23.7 Å². The Balaban J connectivity index is 0.00000147. The van der Waals surface area contributed by atoms with Crippen molar-refractivity contribution in [3.8, 4) is 0 Å². The van der Waals surface area contributed by atoms with Crippen LogP contribution in [0.2, 0.25) is 5.02 Å². The van der Waals surface area contributed by atoms with Crippen LogP contribution in [0.15, 0.2) is 18.2 Å². The van der Waals surface area contributed by atoms with Gasteiger partial charge in [-0.15, -0.1) is 12.4 Å². The zero-order chi connectivity index (χ0) is 13.4. The smallest absolute Gasteiger partial charge is 0.255 e. The van der Waals surface area contributed by atoms with Crippen LogP contribution in [0.1, 0.15) is 35.2 Å². The number of nitrogens with one attached hydrogen (secondary N) is 1. The van der Waals surface area contributed by atoms with Crippen molar-refractivity contribution in [3.05, 3.63) is 34.3 Å². The van der Waals surface area contributed by atoms with Crippen LogP contribution < -0.4 is 5.32 Å². The summed E-state index contributed by atoms with van der Waals surface area (Å²) < 4.78 is 0. The Morgan fingerprint density at radius 2 is 2.05 bits per heavy atom. The molecule has 2 atom stereocenters. The maximum atomic E-state index is 12.6. The standard InChI is InChI=1S/C15H19ClN2O.ClH/c1-10-3-2-4-13(14(10)16)15(19)18-8-7-11-5-6-12(9-18)17-11;/h2-4,11-12,17H,5-9H2,1H3;1H. The largest absolute Gasteiger partial charge is 0.337 e. The van der Waals surface area contributed by atoms with Crippen LogP contribution in [0, 0.1) is 6.92 Å². The van der Waals surface area contributed by atoms with Gasteiger partial charge in [0.05, 0.1) is 10.6 Å². The van der Waals surface area contributed by atoms with E-state index in [-0.39, 0.29) is 18.3 Å². The molecular formula is C15H20Cl2N2O. The van der Waals surface area contributed by atoms with Crippen LogP contribution in [0.3, 0.4) is 0 Å². The van der Waals surface area contributed by atoms with E-state index < -0.39 is 0 Å². The van der Waals surface area contributed by atoms with Crippen molar-refractivity contribution >= 4 is 29.9 Å². The van der Waals surface area contributed by atoms with E-state index >= 15 is 0 Å². The first-order valence-corrected chi connectivity index (χ1v) is 7.33. The number of carbonyl (C=O) groups excluding carboxylic acids is 1. The van der Waals surface area contributed by atoms with Crippen LogP contribution in [-0.2, 0) is 0 Å². The molecule has 2 saturated heterocycles. The van der Waals surface area contributed by atoms with Crippen molar-refractivity contribution in [1.82, 2.24) is 10.2 Å². The van der Waals surface area contributed by atoms with Gasteiger partial charge in [-0.2, -0.15) is 0 Å². The predicted molar refractivity (Wildman–Crippen MR) is 83.9 cm³/mol. The van der Waals surface area contributed by atoms with E-state index in [1.54, 1.807) is 0 Å². The Morgan fingerprint density at radius 3 is 2.85 bits per heavy atom. The number of nitrogens with zero attached hydrogens (tertiary/aromatic N) is 1. The van der Waals surface area contributed by atoms with Gasteiger partial charge in [-0.25, -0.2) is 0 Å². The lowest BCUT2D eigenvalue weighted by Crippen LogP contribution is -2.39. The third-order valence-corrected chi connectivity index (χ3v) is 4.73. The molecule has 1 N–H and O–H groups in total. The molecule has 0 radical (unpaired) electrons. The van der Waals surface area contributed by atoms with E-state index in [9.17, 15) is 4.79 Å². The number of hydrogen-bond acceptors (Lipinski definition) is 2. The molecule has 2 bridgehead atoms. The summed E-state index contributed by atoms with van der Waals surface area (Å²) in [4.78, 5) is 14.6. The summed E-state index contributed by atoms with van der Waals surface area (Å²) >= 11 is 6.26. The molecule has 1 aromatic rings. The molecule has 2 unspecified atom stereocenters. The highest BCUT2D eigenvalue weighted by Crippen LogP contribution is 2.25. The molecule has 3 nitrogen and oxygen atoms in total. The predicted octanol–water partition coefficient (Wildman–Crippen LogP) is 3.04. The second-order valence-corrected chi connectivity index (χ2v) is 5.99. The lowest BCUT2D eigenvalue weighted by Gasteiger charge is -2.25. The van der Waals surface area contributed by atoms with Crippen LogP contribution >= 0.6 is 24.0 Å². The number of benzene rings is 1. The minimum atomic E-state index is 0. The monoisotopic (exact) mass is 314 g/mol. The first kappa shape index (κ1) is 15.6. The van der Waals surface area contributed by atoms with Crippen LogP contribution in [0.5, 0.6) is 0 Å². The number of aryl methyl sites for hydroxylation is 1. The normalized spacial score (nSPS) is 25.0. The molecule has 0 saturated carbocycles. The summed E-state index contributed by atoms with van der Waals surface area (Å²) in [6.45, 7) is 3.57. The first-order chi connectivity index (χ1) is 9.15. The van der Waals surface area contributed by atoms with Crippen molar-refractivity contribution in [3.63, 3.8) is 0 Å². The number of hydrogen-bond donors (Lipinski definition) is 1. The van der Waals surface area contributed by atoms with E-state index in [1.807, 2.05) is 30.0 Å². The average Bonchev–Trinajstić information content (AvgIpc) is 2.72. The fourth-order valence-corrected chi connectivity index (χ4v) is 3.32. The van der Waals surface area contributed by atoms with Crippen molar-refractivity contribution < 1.29 is 4.79 Å². The van der Waals surface area contributed by atoms with Gasteiger partial charge in [0.2, 0.25) is 0 Å². The minimum Gasteiger partial charge on any atom is -0.337 e. The van der Waals surface area contributed by atoms with Gasteiger partial charge in [0.15, 0.2) is 0 Å². The fraction of sp³-hybridized carbons (Fsp3) is 0.533. The van der Waals surface area contributed by atoms with E-state index in [0.29, 0.717) is 22.7 Å². The third-order valence-electron chi connectivity index (χ3n) is 4.23. The average molecular weight is 315 g/mol. The third kappa shape index (κ3) is 2.95. The maximum absolute atomic E-state index is 12.6. The molecule has 2 aliphatic rings. The van der Waals surface area contributed by atoms with Crippen LogP contribution in [0.25, 0.3) is 0 Å². The molecule has 5 heteroatoms. The molecule has 0 aromatic heterocycles. The molecule has 0 aliphatic carbocycles.